The third kappa shape index (κ3) is 4.80. The Morgan fingerprint density at radius 3 is 2.56 bits per heavy atom. The molecule has 0 atom stereocenters. The number of hydrogen-bond donors (Lipinski definition) is 1. The van der Waals surface area contributed by atoms with E-state index in [0.717, 1.165) is 12.1 Å². The van der Waals surface area contributed by atoms with Crippen molar-refractivity contribution >= 4 is 29.0 Å². The smallest absolute Gasteiger partial charge is 0.275 e. The van der Waals surface area contributed by atoms with Crippen LogP contribution >= 0.6 is 11.6 Å². The lowest BCUT2D eigenvalue weighted by Gasteiger charge is -2.21. The second kappa shape index (κ2) is 8.60. The summed E-state index contributed by atoms with van der Waals surface area (Å²) < 4.78 is 13.2. The molecule has 0 aliphatic rings. The van der Waals surface area contributed by atoms with Gasteiger partial charge < -0.3 is 10.2 Å². The lowest BCUT2D eigenvalue weighted by Crippen LogP contribution is -2.24. The van der Waals surface area contributed by atoms with E-state index in [1.165, 1.54) is 24.4 Å². The van der Waals surface area contributed by atoms with Crippen LogP contribution in [0.5, 0.6) is 0 Å². The Hall–Kier alpha value is -2.99. The highest BCUT2D eigenvalue weighted by Crippen LogP contribution is 2.20. The maximum absolute atomic E-state index is 13.2. The maximum Gasteiger partial charge on any atom is 0.275 e. The zero-order valence-electron chi connectivity index (χ0n) is 14.7. The van der Waals surface area contributed by atoms with Gasteiger partial charge in [0.2, 0.25) is 0 Å². The van der Waals surface area contributed by atoms with Crippen molar-refractivity contribution < 1.29 is 9.18 Å². The van der Waals surface area contributed by atoms with Crippen LogP contribution < -0.4 is 10.2 Å². The molecular weight excluding hydrogens is 367 g/mol. The van der Waals surface area contributed by atoms with Gasteiger partial charge in [-0.15, -0.1) is 0 Å². The lowest BCUT2D eigenvalue weighted by molar-refractivity contribution is 0.102. The molecule has 7 heteroatoms. The number of nitrogens with one attached hydrogen (secondary N) is 1. The van der Waals surface area contributed by atoms with Gasteiger partial charge in [0.1, 0.15) is 17.3 Å². The molecule has 3 aromatic rings. The molecule has 138 valence electrons. The van der Waals surface area contributed by atoms with Gasteiger partial charge in [-0.2, -0.15) is 0 Å². The van der Waals surface area contributed by atoms with Crippen LogP contribution in [0.15, 0.2) is 60.9 Å². The highest BCUT2D eigenvalue weighted by Gasteiger charge is 2.12. The van der Waals surface area contributed by atoms with E-state index in [4.69, 9.17) is 11.6 Å². The number of aromatic nitrogens is 2. The third-order valence-corrected chi connectivity index (χ3v) is 4.26. The fourth-order valence-corrected chi connectivity index (χ4v) is 2.71. The van der Waals surface area contributed by atoms with E-state index in [1.54, 1.807) is 6.20 Å². The largest absolute Gasteiger partial charge is 0.351 e. The number of nitrogens with zero attached hydrogens (tertiary/aromatic N) is 3. The van der Waals surface area contributed by atoms with Gasteiger partial charge in [-0.25, -0.2) is 14.4 Å². The minimum atomic E-state index is -0.545. The van der Waals surface area contributed by atoms with Gasteiger partial charge in [0, 0.05) is 18.8 Å². The summed E-state index contributed by atoms with van der Waals surface area (Å²) in [6.07, 6.45) is 2.99. The second-order valence-electron chi connectivity index (χ2n) is 5.84. The van der Waals surface area contributed by atoms with E-state index < -0.39 is 11.7 Å². The Morgan fingerprint density at radius 2 is 1.93 bits per heavy atom. The molecular formula is C20H18ClFN4O. The number of benzene rings is 2. The molecule has 0 spiro atoms. The van der Waals surface area contributed by atoms with Gasteiger partial charge in [0.25, 0.3) is 5.91 Å². The highest BCUT2D eigenvalue weighted by atomic mass is 35.5. The monoisotopic (exact) mass is 384 g/mol. The SMILES string of the molecule is CCN(Cc1ccccc1)c1cnc(C(=O)Nc2ccc(F)c(Cl)c2)cn1. The summed E-state index contributed by atoms with van der Waals surface area (Å²) in [6, 6.07) is 14.0. The standard InChI is InChI=1S/C20H18ClFN4O/c1-2-26(13-14-6-4-3-5-7-14)19-12-23-18(11-24-19)20(27)25-15-8-9-17(22)16(21)10-15/h3-12H,2,13H2,1H3,(H,25,27). The van der Waals surface area contributed by atoms with Crippen molar-refractivity contribution in [2.75, 3.05) is 16.8 Å². The summed E-state index contributed by atoms with van der Waals surface area (Å²) in [5.41, 5.74) is 1.71. The predicted octanol–water partition coefficient (Wildman–Crippen LogP) is 4.55. The van der Waals surface area contributed by atoms with Crippen LogP contribution in [0.2, 0.25) is 5.02 Å². The molecule has 1 N–H and O–H groups in total. The second-order valence-corrected chi connectivity index (χ2v) is 6.25. The maximum atomic E-state index is 13.2. The molecule has 0 aliphatic carbocycles. The highest BCUT2D eigenvalue weighted by molar-refractivity contribution is 6.31. The van der Waals surface area contributed by atoms with Crippen LogP contribution in [-0.2, 0) is 6.54 Å². The van der Waals surface area contributed by atoms with Crippen LogP contribution in [0.25, 0.3) is 0 Å². The van der Waals surface area contributed by atoms with Crippen LogP contribution in [0.4, 0.5) is 15.9 Å². The van der Waals surface area contributed by atoms with E-state index in [-0.39, 0.29) is 10.7 Å². The summed E-state index contributed by atoms with van der Waals surface area (Å²) >= 11 is 5.72. The molecule has 0 bridgehead atoms. The van der Waals surface area contributed by atoms with Crippen molar-refractivity contribution in [1.29, 1.82) is 0 Å². The predicted molar refractivity (Wildman–Crippen MR) is 105 cm³/mol. The Kier molecular flexibility index (Phi) is 5.98. The van der Waals surface area contributed by atoms with Gasteiger partial charge in [-0.3, -0.25) is 4.79 Å². The van der Waals surface area contributed by atoms with E-state index in [0.29, 0.717) is 18.1 Å². The summed E-state index contributed by atoms with van der Waals surface area (Å²) in [5, 5.41) is 2.56. The fourth-order valence-electron chi connectivity index (χ4n) is 2.53. The molecule has 1 amide bonds. The molecule has 0 aliphatic heterocycles. The Bertz CT molecular complexity index is 919. The first-order valence-corrected chi connectivity index (χ1v) is 8.82. The fraction of sp³-hybridized carbons (Fsp3) is 0.150. The lowest BCUT2D eigenvalue weighted by atomic mass is 10.2. The molecule has 0 unspecified atom stereocenters. The van der Waals surface area contributed by atoms with Gasteiger partial charge in [0.05, 0.1) is 17.4 Å². The van der Waals surface area contributed by atoms with Gasteiger partial charge >= 0.3 is 0 Å². The van der Waals surface area contributed by atoms with Crippen molar-refractivity contribution in [3.63, 3.8) is 0 Å². The average Bonchev–Trinajstić information content (AvgIpc) is 2.70. The van der Waals surface area contributed by atoms with E-state index in [9.17, 15) is 9.18 Å². The molecule has 3 rings (SSSR count). The molecule has 0 radical (unpaired) electrons. The van der Waals surface area contributed by atoms with E-state index >= 15 is 0 Å². The number of halogens is 2. The summed E-state index contributed by atoms with van der Waals surface area (Å²) in [5.74, 6) is -0.303. The van der Waals surface area contributed by atoms with E-state index in [2.05, 4.69) is 20.2 Å². The molecule has 27 heavy (non-hydrogen) atoms. The van der Waals surface area contributed by atoms with Gasteiger partial charge in [0.15, 0.2) is 0 Å². The van der Waals surface area contributed by atoms with Crippen molar-refractivity contribution in [3.8, 4) is 0 Å². The van der Waals surface area contributed by atoms with E-state index in [1.807, 2.05) is 37.3 Å². The Balaban J connectivity index is 1.69. The third-order valence-electron chi connectivity index (χ3n) is 3.97. The molecule has 5 nitrogen and oxygen atoms in total. The number of carbonyl (C=O) groups excluding carboxylic acids is 1. The molecule has 0 saturated heterocycles. The summed E-state index contributed by atoms with van der Waals surface area (Å²) in [4.78, 5) is 22.9. The topological polar surface area (TPSA) is 58.1 Å². The molecule has 1 heterocycles. The molecule has 0 fully saturated rings. The minimum Gasteiger partial charge on any atom is -0.351 e. The Morgan fingerprint density at radius 1 is 1.15 bits per heavy atom. The first kappa shape index (κ1) is 18.8. The number of rotatable bonds is 6. The van der Waals surface area contributed by atoms with Crippen molar-refractivity contribution in [1.82, 2.24) is 9.97 Å². The zero-order valence-corrected chi connectivity index (χ0v) is 15.4. The molecule has 0 saturated carbocycles. The summed E-state index contributed by atoms with van der Waals surface area (Å²) in [7, 11) is 0. The van der Waals surface area contributed by atoms with Crippen molar-refractivity contribution in [3.05, 3.63) is 83.0 Å². The van der Waals surface area contributed by atoms with Crippen LogP contribution in [0.1, 0.15) is 23.0 Å². The van der Waals surface area contributed by atoms with Crippen LogP contribution in [-0.4, -0.2) is 22.4 Å². The average molecular weight is 385 g/mol. The van der Waals surface area contributed by atoms with Crippen molar-refractivity contribution in [2.45, 2.75) is 13.5 Å². The van der Waals surface area contributed by atoms with Crippen LogP contribution in [0.3, 0.4) is 0 Å². The Labute approximate surface area is 161 Å². The quantitative estimate of drug-likeness (QED) is 0.677. The van der Waals surface area contributed by atoms with Crippen molar-refractivity contribution in [2.24, 2.45) is 0 Å². The van der Waals surface area contributed by atoms with Crippen LogP contribution in [0, 0.1) is 5.82 Å². The first-order chi connectivity index (χ1) is 13.1. The van der Waals surface area contributed by atoms with Gasteiger partial charge in [-0.05, 0) is 30.7 Å². The first-order valence-electron chi connectivity index (χ1n) is 8.44. The summed E-state index contributed by atoms with van der Waals surface area (Å²) in [6.45, 7) is 3.48. The molecule has 2 aromatic carbocycles. The number of amides is 1. The number of anilines is 2. The number of hydrogen-bond acceptors (Lipinski definition) is 4. The van der Waals surface area contributed by atoms with Gasteiger partial charge in [-0.1, -0.05) is 41.9 Å². The number of carbonyl (C=O) groups is 1. The minimum absolute atomic E-state index is 0.0614. The molecule has 1 aromatic heterocycles. The normalized spacial score (nSPS) is 10.5. The zero-order chi connectivity index (χ0) is 19.2.